The molecule has 3 aromatic heterocycles. The van der Waals surface area contributed by atoms with Crippen LogP contribution in [0.1, 0.15) is 74.9 Å². The van der Waals surface area contributed by atoms with Crippen LogP contribution in [0.25, 0.3) is 44.8 Å². The number of likely N-dealkylation sites (tertiary alicyclic amines) is 2. The number of aromatic nitrogens is 6. The van der Waals surface area contributed by atoms with E-state index in [9.17, 15) is 24.3 Å². The number of amides is 4. The number of likely N-dealkylation sites (N-methyl/N-ethyl adjacent to an activating group) is 1. The number of alkyl carbamates (subject to hydrolysis) is 1. The molecule has 61 heavy (non-hydrogen) atoms. The molecule has 5 heterocycles. The Bertz CT molecular complexity index is 2560. The predicted octanol–water partition coefficient (Wildman–Crippen LogP) is 7.14. The Labute approximate surface area is 352 Å². The van der Waals surface area contributed by atoms with Crippen LogP contribution in [0.3, 0.4) is 0 Å². The number of aromatic amines is 2. The van der Waals surface area contributed by atoms with Gasteiger partial charge in [0.25, 0.3) is 5.91 Å². The minimum atomic E-state index is -1.13. The molecule has 6 aromatic rings. The van der Waals surface area contributed by atoms with Crippen LogP contribution >= 0.6 is 0 Å². The zero-order valence-corrected chi connectivity index (χ0v) is 34.4. The van der Waals surface area contributed by atoms with Gasteiger partial charge in [0.15, 0.2) is 0 Å². The summed E-state index contributed by atoms with van der Waals surface area (Å²) in [4.78, 5) is 82.0. The molecule has 0 spiro atoms. The number of carbonyl (C=O) groups excluding carboxylic acids is 3. The van der Waals surface area contributed by atoms with Gasteiger partial charge in [0.2, 0.25) is 5.91 Å². The van der Waals surface area contributed by atoms with E-state index in [1.54, 1.807) is 28.4 Å². The van der Waals surface area contributed by atoms with Crippen LogP contribution in [-0.2, 0) is 14.3 Å². The van der Waals surface area contributed by atoms with E-state index in [-0.39, 0.29) is 29.8 Å². The summed E-state index contributed by atoms with van der Waals surface area (Å²) in [6.45, 7) is 4.79. The Balaban J connectivity index is 0.948. The van der Waals surface area contributed by atoms with Crippen molar-refractivity contribution in [3.8, 4) is 33.8 Å². The van der Waals surface area contributed by atoms with Crippen molar-refractivity contribution in [2.45, 2.75) is 63.7 Å². The molecule has 3 aromatic carbocycles. The first kappa shape index (κ1) is 40.7. The molecule has 16 heteroatoms. The number of H-pyrrole nitrogens is 2. The van der Waals surface area contributed by atoms with E-state index < -0.39 is 24.3 Å². The van der Waals surface area contributed by atoms with Gasteiger partial charge in [-0.25, -0.2) is 24.5 Å². The number of rotatable bonds is 11. The number of imidazole rings is 2. The third kappa shape index (κ3) is 8.25. The van der Waals surface area contributed by atoms with Gasteiger partial charge < -0.3 is 34.9 Å². The average Bonchev–Trinajstić information content (AvgIpc) is 4.12. The highest BCUT2D eigenvalue weighted by Crippen LogP contribution is 2.36. The SMILES string of the molecule is COC(=O)N[C@@H](C(=O)N1CCC[C@H]1c1ncc(-c2ccc3nc(-c4ccc(-c5cnc([C@@H]6CCCN6C(=O)[C@H](C(C)C)N(C)C(=O)O)[nH]5)cc4)cnc3c2)[nH]1)c1ccccc1. The zero-order chi connectivity index (χ0) is 42.8. The summed E-state index contributed by atoms with van der Waals surface area (Å²) in [5.41, 5.74) is 7.09. The lowest BCUT2D eigenvalue weighted by molar-refractivity contribution is -0.138. The molecule has 8 rings (SSSR count). The molecule has 0 bridgehead atoms. The van der Waals surface area contributed by atoms with Crippen molar-refractivity contribution in [1.82, 2.24) is 49.9 Å². The molecule has 2 aliphatic rings. The van der Waals surface area contributed by atoms with Crippen molar-refractivity contribution < 1.29 is 29.0 Å². The molecular weight excluding hydrogens is 777 g/mol. The Morgan fingerprint density at radius 2 is 1.36 bits per heavy atom. The number of nitrogens with one attached hydrogen (secondary N) is 3. The van der Waals surface area contributed by atoms with Crippen molar-refractivity contribution in [3.63, 3.8) is 0 Å². The summed E-state index contributed by atoms with van der Waals surface area (Å²) in [6.07, 6.45) is 6.52. The standard InChI is InChI=1S/C45H48N10O6/c1-26(2)39(53(3)45(59)60)43(57)55-21-9-13-37(55)41-47-24-34(50-41)28-16-14-27(15-17-28)33-23-46-32-22-30(18-19-31(32)49-33)35-25-48-40(51-35)36-12-8-20-54(36)42(56)38(52-44(58)61-4)29-10-6-5-7-11-29/h5-7,10-11,14-19,22-26,36-39H,8-9,12-13,20-21H2,1-4H3,(H,47,50)(H,48,51)(H,52,58)(H,59,60)/t36-,37-,38+,39-/m0/s1. The van der Waals surface area contributed by atoms with Crippen molar-refractivity contribution in [2.75, 3.05) is 27.2 Å². The molecule has 4 atom stereocenters. The van der Waals surface area contributed by atoms with Crippen molar-refractivity contribution in [1.29, 1.82) is 0 Å². The quantitative estimate of drug-likeness (QED) is 0.104. The third-order valence-corrected chi connectivity index (χ3v) is 11.7. The second kappa shape index (κ2) is 17.2. The molecule has 4 N–H and O–H groups in total. The predicted molar refractivity (Wildman–Crippen MR) is 227 cm³/mol. The molecule has 0 aliphatic carbocycles. The molecule has 4 amide bonds. The van der Waals surface area contributed by atoms with Crippen molar-refractivity contribution in [3.05, 3.63) is 109 Å². The fourth-order valence-corrected chi connectivity index (χ4v) is 8.54. The van der Waals surface area contributed by atoms with Crippen molar-refractivity contribution >= 4 is 35.0 Å². The van der Waals surface area contributed by atoms with Crippen LogP contribution in [0, 0.1) is 5.92 Å². The molecule has 2 saturated heterocycles. The van der Waals surface area contributed by atoms with E-state index >= 15 is 0 Å². The Morgan fingerprint density at radius 3 is 1.97 bits per heavy atom. The highest BCUT2D eigenvalue weighted by molar-refractivity contribution is 5.88. The number of hydrogen-bond donors (Lipinski definition) is 4. The van der Waals surface area contributed by atoms with Gasteiger partial charge in [0, 0.05) is 31.3 Å². The highest BCUT2D eigenvalue weighted by atomic mass is 16.5. The number of nitrogens with zero attached hydrogens (tertiary/aromatic N) is 7. The maximum atomic E-state index is 13.9. The van der Waals surface area contributed by atoms with Crippen LogP contribution in [0.15, 0.2) is 91.4 Å². The van der Waals surface area contributed by atoms with Gasteiger partial charge in [-0.1, -0.05) is 74.5 Å². The lowest BCUT2D eigenvalue weighted by Gasteiger charge is -2.33. The number of methoxy groups -OCH3 is 1. The Hall–Kier alpha value is -7.10. The summed E-state index contributed by atoms with van der Waals surface area (Å²) in [7, 11) is 2.71. The average molecular weight is 825 g/mol. The number of carbonyl (C=O) groups is 4. The molecule has 0 saturated carbocycles. The van der Waals surface area contributed by atoms with Crippen LogP contribution in [0.5, 0.6) is 0 Å². The monoisotopic (exact) mass is 824 g/mol. The van der Waals surface area contributed by atoms with E-state index in [2.05, 4.69) is 20.3 Å². The lowest BCUT2D eigenvalue weighted by Crippen LogP contribution is -2.51. The first-order valence-electron chi connectivity index (χ1n) is 20.4. The number of carboxylic acid groups (broad SMARTS) is 1. The third-order valence-electron chi connectivity index (χ3n) is 11.7. The second-order valence-electron chi connectivity index (χ2n) is 15.8. The summed E-state index contributed by atoms with van der Waals surface area (Å²) in [5.74, 6) is 0.716. The maximum Gasteiger partial charge on any atom is 0.407 e. The maximum absolute atomic E-state index is 13.9. The van der Waals surface area contributed by atoms with Gasteiger partial charge in [-0.2, -0.15) is 0 Å². The van der Waals surface area contributed by atoms with Crippen molar-refractivity contribution in [2.24, 2.45) is 5.92 Å². The Morgan fingerprint density at radius 1 is 0.770 bits per heavy atom. The van der Waals surface area contributed by atoms with Crippen LogP contribution in [-0.4, -0.2) is 107 Å². The lowest BCUT2D eigenvalue weighted by atomic mass is 10.0. The molecule has 2 aliphatic heterocycles. The van der Waals surface area contributed by atoms with E-state index in [1.165, 1.54) is 14.2 Å². The number of ether oxygens (including phenoxy) is 1. The molecule has 16 nitrogen and oxygen atoms in total. The van der Waals surface area contributed by atoms with Gasteiger partial charge in [-0.3, -0.25) is 19.5 Å². The molecule has 2 fully saturated rings. The Kier molecular flexibility index (Phi) is 11.5. The minimum absolute atomic E-state index is 0.184. The first-order valence-corrected chi connectivity index (χ1v) is 20.4. The number of hydrogen-bond acceptors (Lipinski definition) is 9. The summed E-state index contributed by atoms with van der Waals surface area (Å²) < 4.78 is 4.83. The second-order valence-corrected chi connectivity index (χ2v) is 15.8. The van der Waals surface area contributed by atoms with E-state index in [4.69, 9.17) is 19.7 Å². The smallest absolute Gasteiger partial charge is 0.407 e. The van der Waals surface area contributed by atoms with Gasteiger partial charge in [0.1, 0.15) is 23.7 Å². The minimum Gasteiger partial charge on any atom is -0.465 e. The molecular formula is C45H48N10O6. The highest BCUT2D eigenvalue weighted by Gasteiger charge is 2.40. The molecule has 0 radical (unpaired) electrons. The fourth-order valence-electron chi connectivity index (χ4n) is 8.54. The summed E-state index contributed by atoms with van der Waals surface area (Å²) in [6, 6.07) is 20.7. The van der Waals surface area contributed by atoms with Gasteiger partial charge in [-0.15, -0.1) is 0 Å². The molecule has 314 valence electrons. The van der Waals surface area contributed by atoms with Gasteiger partial charge >= 0.3 is 12.2 Å². The van der Waals surface area contributed by atoms with Crippen LogP contribution < -0.4 is 5.32 Å². The summed E-state index contributed by atoms with van der Waals surface area (Å²) in [5, 5.41) is 12.3. The fraction of sp³-hybridized carbons (Fsp3) is 0.333. The summed E-state index contributed by atoms with van der Waals surface area (Å²) >= 11 is 0. The zero-order valence-electron chi connectivity index (χ0n) is 34.4. The number of fused-ring (bicyclic) bond motifs is 1. The first-order chi connectivity index (χ1) is 29.5. The normalized spacial score (nSPS) is 17.4. The topological polar surface area (TPSA) is 203 Å². The van der Waals surface area contributed by atoms with Crippen LogP contribution in [0.4, 0.5) is 9.59 Å². The van der Waals surface area contributed by atoms with E-state index in [1.807, 2.05) is 86.6 Å². The largest absolute Gasteiger partial charge is 0.465 e. The number of benzene rings is 3. The van der Waals surface area contributed by atoms with Gasteiger partial charge in [-0.05, 0) is 54.9 Å². The van der Waals surface area contributed by atoms with Gasteiger partial charge in [0.05, 0.1) is 65.9 Å². The van der Waals surface area contributed by atoms with E-state index in [0.29, 0.717) is 41.5 Å². The molecule has 0 unspecified atom stereocenters. The van der Waals surface area contributed by atoms with Crippen LogP contribution in [0.2, 0.25) is 0 Å². The van der Waals surface area contributed by atoms with E-state index in [0.717, 1.165) is 64.2 Å².